The third-order valence-corrected chi connectivity index (χ3v) is 10.6. The van der Waals surface area contributed by atoms with Crippen LogP contribution in [0.1, 0.15) is 78.1 Å². The molecule has 0 aromatic rings. The highest BCUT2D eigenvalue weighted by molar-refractivity contribution is 5.07. The van der Waals surface area contributed by atoms with E-state index >= 15 is 0 Å². The first-order chi connectivity index (χ1) is 14.8. The molecule has 178 valence electrons. The number of aliphatic hydroxyl groups is 4. The van der Waals surface area contributed by atoms with Gasteiger partial charge in [0.15, 0.2) is 6.29 Å². The van der Waals surface area contributed by atoms with Crippen LogP contribution in [0.4, 0.5) is 0 Å². The monoisotopic (exact) mass is 438 g/mol. The molecule has 1 heterocycles. The van der Waals surface area contributed by atoms with Gasteiger partial charge in [0.05, 0.1) is 12.7 Å². The summed E-state index contributed by atoms with van der Waals surface area (Å²) in [6.45, 7) is 4.68. The molecule has 0 radical (unpaired) electrons. The molecule has 0 bridgehead atoms. The lowest BCUT2D eigenvalue weighted by molar-refractivity contribution is -0.316. The summed E-state index contributed by atoms with van der Waals surface area (Å²) in [5.74, 6) is 3.27. The van der Waals surface area contributed by atoms with Gasteiger partial charge < -0.3 is 29.9 Å². The minimum atomic E-state index is -1.37. The topological polar surface area (TPSA) is 99.4 Å². The fourth-order valence-electron chi connectivity index (χ4n) is 8.70. The van der Waals surface area contributed by atoms with Crippen LogP contribution in [-0.2, 0) is 9.47 Å². The van der Waals surface area contributed by atoms with Crippen molar-refractivity contribution in [2.45, 2.75) is 115 Å². The SMILES string of the molecule is C[C@@]12CCC[C@H]1[C@@H]1CCC3CC(O[C@@H]4O[C@H](CO)[C@@H](O)[C@H](O)[C@H]4O)CC[C@]3(C)[C@H]1CC2. The molecule has 0 aromatic heterocycles. The molecule has 5 rings (SSSR count). The first kappa shape index (κ1) is 22.5. The van der Waals surface area contributed by atoms with Crippen molar-refractivity contribution < 1.29 is 29.9 Å². The summed E-state index contributed by atoms with van der Waals surface area (Å²) in [5.41, 5.74) is 0.968. The van der Waals surface area contributed by atoms with Crippen LogP contribution in [0.3, 0.4) is 0 Å². The first-order valence-electron chi connectivity index (χ1n) is 12.7. The zero-order valence-corrected chi connectivity index (χ0v) is 19.2. The molecular weight excluding hydrogens is 396 g/mol. The number of hydrogen-bond donors (Lipinski definition) is 4. The van der Waals surface area contributed by atoms with E-state index in [-0.39, 0.29) is 6.10 Å². The van der Waals surface area contributed by atoms with E-state index in [2.05, 4.69) is 13.8 Å². The summed E-state index contributed by atoms with van der Waals surface area (Å²) in [5, 5.41) is 39.9. The van der Waals surface area contributed by atoms with Gasteiger partial charge in [0.1, 0.15) is 24.4 Å². The van der Waals surface area contributed by atoms with Gasteiger partial charge in [-0.2, -0.15) is 0 Å². The van der Waals surface area contributed by atoms with Crippen molar-refractivity contribution in [2.24, 2.45) is 34.5 Å². The normalized spacial score (nSPS) is 57.1. The third kappa shape index (κ3) is 3.60. The van der Waals surface area contributed by atoms with E-state index in [0.717, 1.165) is 37.0 Å². The van der Waals surface area contributed by atoms with Gasteiger partial charge in [-0.1, -0.05) is 20.3 Å². The van der Waals surface area contributed by atoms with E-state index in [1.807, 2.05) is 0 Å². The highest BCUT2D eigenvalue weighted by Crippen LogP contribution is 2.66. The third-order valence-electron chi connectivity index (χ3n) is 10.6. The Morgan fingerprint density at radius 1 is 0.871 bits per heavy atom. The molecular formula is C25H42O6. The number of rotatable bonds is 3. The van der Waals surface area contributed by atoms with Crippen LogP contribution in [0.25, 0.3) is 0 Å². The minimum absolute atomic E-state index is 0.0172. The summed E-state index contributed by atoms with van der Waals surface area (Å²) in [7, 11) is 0. The van der Waals surface area contributed by atoms with Crippen LogP contribution in [0.2, 0.25) is 0 Å². The van der Waals surface area contributed by atoms with Crippen molar-refractivity contribution in [2.75, 3.05) is 6.61 Å². The van der Waals surface area contributed by atoms with Gasteiger partial charge in [-0.05, 0) is 92.3 Å². The molecule has 0 amide bonds. The van der Waals surface area contributed by atoms with Gasteiger partial charge in [-0.15, -0.1) is 0 Å². The average Bonchev–Trinajstić information content (AvgIpc) is 3.16. The summed E-state index contributed by atoms with van der Waals surface area (Å²) >= 11 is 0. The Hall–Kier alpha value is -0.240. The molecule has 0 spiro atoms. The molecule has 1 saturated heterocycles. The fourth-order valence-corrected chi connectivity index (χ4v) is 8.70. The predicted molar refractivity (Wildman–Crippen MR) is 115 cm³/mol. The van der Waals surface area contributed by atoms with Gasteiger partial charge >= 0.3 is 0 Å². The van der Waals surface area contributed by atoms with Gasteiger partial charge in [-0.25, -0.2) is 0 Å². The molecule has 2 unspecified atom stereocenters. The summed E-state index contributed by atoms with van der Waals surface area (Å²) < 4.78 is 11.8. The second-order valence-corrected chi connectivity index (χ2v) is 12.0. The Bertz CT molecular complexity index is 656. The van der Waals surface area contributed by atoms with E-state index in [9.17, 15) is 20.4 Å². The van der Waals surface area contributed by atoms with E-state index in [1.165, 1.54) is 44.9 Å². The Balaban J connectivity index is 1.25. The molecule has 1 aliphatic heterocycles. The number of aliphatic hydroxyl groups excluding tert-OH is 4. The maximum atomic E-state index is 10.4. The predicted octanol–water partition coefficient (Wildman–Crippen LogP) is 2.60. The highest BCUT2D eigenvalue weighted by Gasteiger charge is 2.58. The van der Waals surface area contributed by atoms with Crippen LogP contribution in [0.15, 0.2) is 0 Å². The lowest BCUT2D eigenvalue weighted by Crippen LogP contribution is -2.60. The van der Waals surface area contributed by atoms with Gasteiger partial charge in [0.2, 0.25) is 0 Å². The maximum Gasteiger partial charge on any atom is 0.186 e. The Labute approximate surface area is 186 Å². The molecule has 4 aliphatic carbocycles. The van der Waals surface area contributed by atoms with Crippen LogP contribution in [0, 0.1) is 34.5 Å². The van der Waals surface area contributed by atoms with Crippen LogP contribution in [-0.4, -0.2) is 63.8 Å². The molecule has 4 saturated carbocycles. The Morgan fingerprint density at radius 2 is 1.68 bits per heavy atom. The Morgan fingerprint density at radius 3 is 2.45 bits per heavy atom. The molecule has 6 nitrogen and oxygen atoms in total. The lowest BCUT2D eigenvalue weighted by Gasteiger charge is -2.60. The van der Waals surface area contributed by atoms with Crippen molar-refractivity contribution in [1.29, 1.82) is 0 Å². The van der Waals surface area contributed by atoms with Gasteiger partial charge in [0.25, 0.3) is 0 Å². The lowest BCUT2D eigenvalue weighted by atomic mass is 9.45. The molecule has 6 heteroatoms. The molecule has 0 aromatic carbocycles. The summed E-state index contributed by atoms with van der Waals surface area (Å²) in [6.07, 6.45) is 6.76. The number of fused-ring (bicyclic) bond motifs is 5. The zero-order chi connectivity index (χ0) is 22.0. The highest BCUT2D eigenvalue weighted by atomic mass is 16.7. The van der Waals surface area contributed by atoms with E-state index in [4.69, 9.17) is 9.47 Å². The van der Waals surface area contributed by atoms with Crippen molar-refractivity contribution in [3.8, 4) is 0 Å². The zero-order valence-electron chi connectivity index (χ0n) is 19.2. The first-order valence-corrected chi connectivity index (χ1v) is 12.7. The van der Waals surface area contributed by atoms with Gasteiger partial charge in [-0.3, -0.25) is 0 Å². The van der Waals surface area contributed by atoms with Crippen molar-refractivity contribution in [3.05, 3.63) is 0 Å². The standard InChI is InChI=1S/C25H42O6/c1-24-9-3-4-17(24)16-6-5-14-12-15(7-11-25(14,2)18(16)8-10-24)30-23-22(29)21(28)20(27)19(13-26)31-23/h14-23,26-29H,3-13H2,1-2H3/t14?,15?,16-,17-,18-,19+,20+,21-,22+,23+,24-,25-/m0/s1. The smallest absolute Gasteiger partial charge is 0.186 e. The van der Waals surface area contributed by atoms with Crippen LogP contribution < -0.4 is 0 Å². The van der Waals surface area contributed by atoms with Crippen molar-refractivity contribution in [1.82, 2.24) is 0 Å². The fraction of sp³-hybridized carbons (Fsp3) is 1.00. The molecule has 5 fully saturated rings. The molecule has 31 heavy (non-hydrogen) atoms. The van der Waals surface area contributed by atoms with Crippen LogP contribution in [0.5, 0.6) is 0 Å². The number of ether oxygens (including phenoxy) is 2. The largest absolute Gasteiger partial charge is 0.394 e. The maximum absolute atomic E-state index is 10.4. The van der Waals surface area contributed by atoms with E-state index < -0.39 is 37.3 Å². The minimum Gasteiger partial charge on any atom is -0.394 e. The van der Waals surface area contributed by atoms with E-state index in [0.29, 0.717) is 16.7 Å². The summed E-state index contributed by atoms with van der Waals surface area (Å²) in [6, 6.07) is 0. The molecule has 5 aliphatic rings. The number of hydrogen-bond acceptors (Lipinski definition) is 6. The van der Waals surface area contributed by atoms with Crippen molar-refractivity contribution in [3.63, 3.8) is 0 Å². The Kier molecular flexibility index (Phi) is 5.97. The van der Waals surface area contributed by atoms with Crippen molar-refractivity contribution >= 4 is 0 Å². The van der Waals surface area contributed by atoms with Crippen LogP contribution >= 0.6 is 0 Å². The second-order valence-electron chi connectivity index (χ2n) is 12.0. The van der Waals surface area contributed by atoms with E-state index in [1.54, 1.807) is 0 Å². The molecule has 4 N–H and O–H groups in total. The second kappa shape index (κ2) is 8.21. The quantitative estimate of drug-likeness (QED) is 0.506. The average molecular weight is 439 g/mol. The summed E-state index contributed by atoms with van der Waals surface area (Å²) in [4.78, 5) is 0. The molecule has 12 atom stereocenters. The van der Waals surface area contributed by atoms with Gasteiger partial charge in [0, 0.05) is 0 Å².